The molecule has 0 spiro atoms. The van der Waals surface area contributed by atoms with Crippen molar-refractivity contribution in [2.45, 2.75) is 32.6 Å². The molecule has 1 atom stereocenters. The number of rotatable bonds is 9. The summed E-state index contributed by atoms with van der Waals surface area (Å²) in [4.78, 5) is 11.8. The zero-order valence-electron chi connectivity index (χ0n) is 14.0. The Balaban J connectivity index is 1.59. The summed E-state index contributed by atoms with van der Waals surface area (Å²) >= 11 is 0. The Morgan fingerprint density at radius 2 is 2.00 bits per heavy atom. The summed E-state index contributed by atoms with van der Waals surface area (Å²) in [6, 6.07) is 7.37. The SMILES string of the molecule is CCCOc1ccc(OCC(=O)NCCC2CCCNC2)cc1. The van der Waals surface area contributed by atoms with Gasteiger partial charge in [0.25, 0.3) is 5.91 Å². The minimum absolute atomic E-state index is 0.0537. The first-order chi connectivity index (χ1) is 11.3. The van der Waals surface area contributed by atoms with Gasteiger partial charge in [-0.05, 0) is 69.0 Å². The van der Waals surface area contributed by atoms with Crippen LogP contribution in [0.15, 0.2) is 24.3 Å². The first-order valence-electron chi connectivity index (χ1n) is 8.61. The van der Waals surface area contributed by atoms with Gasteiger partial charge in [0, 0.05) is 6.54 Å². The van der Waals surface area contributed by atoms with Crippen LogP contribution in [-0.4, -0.2) is 38.8 Å². The predicted octanol–water partition coefficient (Wildman–Crippen LogP) is 2.36. The molecule has 1 fully saturated rings. The van der Waals surface area contributed by atoms with Gasteiger partial charge in [0.15, 0.2) is 6.61 Å². The molecule has 1 saturated heterocycles. The van der Waals surface area contributed by atoms with Gasteiger partial charge in [0.1, 0.15) is 11.5 Å². The molecule has 2 rings (SSSR count). The standard InChI is InChI=1S/C18H28N2O3/c1-2-12-22-16-5-7-17(8-6-16)23-14-18(21)20-11-9-15-4-3-10-19-13-15/h5-8,15,19H,2-4,9-14H2,1H3,(H,20,21). The third-order valence-corrected chi connectivity index (χ3v) is 3.94. The Hall–Kier alpha value is -1.75. The number of piperidine rings is 1. The third kappa shape index (κ3) is 6.91. The van der Waals surface area contributed by atoms with Gasteiger partial charge >= 0.3 is 0 Å². The highest BCUT2D eigenvalue weighted by Crippen LogP contribution is 2.17. The molecule has 1 amide bonds. The van der Waals surface area contributed by atoms with E-state index in [9.17, 15) is 4.79 Å². The number of hydrogen-bond donors (Lipinski definition) is 2. The molecule has 0 saturated carbocycles. The zero-order valence-corrected chi connectivity index (χ0v) is 14.0. The van der Waals surface area contributed by atoms with E-state index in [2.05, 4.69) is 17.6 Å². The number of nitrogens with one attached hydrogen (secondary N) is 2. The first-order valence-corrected chi connectivity index (χ1v) is 8.61. The third-order valence-electron chi connectivity index (χ3n) is 3.94. The van der Waals surface area contributed by atoms with Crippen molar-refractivity contribution in [1.29, 1.82) is 0 Å². The van der Waals surface area contributed by atoms with Crippen molar-refractivity contribution in [3.63, 3.8) is 0 Å². The van der Waals surface area contributed by atoms with E-state index >= 15 is 0 Å². The van der Waals surface area contributed by atoms with E-state index in [1.807, 2.05) is 24.3 Å². The van der Waals surface area contributed by atoms with Gasteiger partial charge in [-0.3, -0.25) is 4.79 Å². The second-order valence-corrected chi connectivity index (χ2v) is 5.96. The molecule has 0 aromatic heterocycles. The molecule has 23 heavy (non-hydrogen) atoms. The highest BCUT2D eigenvalue weighted by molar-refractivity contribution is 5.77. The summed E-state index contributed by atoms with van der Waals surface area (Å²) in [6.07, 6.45) is 4.50. The smallest absolute Gasteiger partial charge is 0.257 e. The van der Waals surface area contributed by atoms with Crippen molar-refractivity contribution in [1.82, 2.24) is 10.6 Å². The lowest BCUT2D eigenvalue weighted by atomic mass is 9.96. The van der Waals surface area contributed by atoms with Crippen molar-refractivity contribution in [2.24, 2.45) is 5.92 Å². The highest BCUT2D eigenvalue weighted by atomic mass is 16.5. The average Bonchev–Trinajstić information content (AvgIpc) is 2.60. The number of amides is 1. The summed E-state index contributed by atoms with van der Waals surface area (Å²) in [5.74, 6) is 2.12. The first kappa shape index (κ1) is 17.6. The van der Waals surface area contributed by atoms with Gasteiger partial charge in [0.2, 0.25) is 0 Å². The Morgan fingerprint density at radius 1 is 1.26 bits per heavy atom. The Labute approximate surface area is 138 Å². The Kier molecular flexibility index (Phi) is 7.73. The molecule has 1 aromatic rings. The van der Waals surface area contributed by atoms with Crippen LogP contribution >= 0.6 is 0 Å². The molecule has 1 aliphatic heterocycles. The van der Waals surface area contributed by atoms with E-state index in [0.29, 0.717) is 18.3 Å². The van der Waals surface area contributed by atoms with Crippen molar-refractivity contribution in [2.75, 3.05) is 32.8 Å². The quantitative estimate of drug-likeness (QED) is 0.733. The van der Waals surface area contributed by atoms with Gasteiger partial charge in [-0.15, -0.1) is 0 Å². The van der Waals surface area contributed by atoms with Crippen LogP contribution in [-0.2, 0) is 4.79 Å². The van der Waals surface area contributed by atoms with Gasteiger partial charge in [-0.2, -0.15) is 0 Å². The van der Waals surface area contributed by atoms with Gasteiger partial charge in [-0.1, -0.05) is 6.92 Å². The predicted molar refractivity (Wildman–Crippen MR) is 90.9 cm³/mol. The summed E-state index contributed by atoms with van der Waals surface area (Å²) in [6.45, 7) is 5.74. The summed E-state index contributed by atoms with van der Waals surface area (Å²) in [5, 5.41) is 6.31. The summed E-state index contributed by atoms with van der Waals surface area (Å²) < 4.78 is 11.0. The fourth-order valence-corrected chi connectivity index (χ4v) is 2.64. The molecule has 1 heterocycles. The second-order valence-electron chi connectivity index (χ2n) is 5.96. The lowest BCUT2D eigenvalue weighted by molar-refractivity contribution is -0.123. The average molecular weight is 320 g/mol. The lowest BCUT2D eigenvalue weighted by Crippen LogP contribution is -2.34. The molecule has 1 unspecified atom stereocenters. The molecular formula is C18H28N2O3. The summed E-state index contributed by atoms with van der Waals surface area (Å²) in [7, 11) is 0. The molecular weight excluding hydrogens is 292 g/mol. The maximum absolute atomic E-state index is 11.8. The Bertz CT molecular complexity index is 456. The number of carbonyl (C=O) groups excluding carboxylic acids is 1. The number of ether oxygens (including phenoxy) is 2. The van der Waals surface area contributed by atoms with Crippen LogP contribution in [0.25, 0.3) is 0 Å². The van der Waals surface area contributed by atoms with E-state index < -0.39 is 0 Å². The van der Waals surface area contributed by atoms with Crippen LogP contribution < -0.4 is 20.1 Å². The van der Waals surface area contributed by atoms with Crippen LogP contribution in [0.4, 0.5) is 0 Å². The minimum Gasteiger partial charge on any atom is -0.494 e. The molecule has 0 radical (unpaired) electrons. The highest BCUT2D eigenvalue weighted by Gasteiger charge is 2.12. The molecule has 128 valence electrons. The van der Waals surface area contributed by atoms with Crippen LogP contribution in [0.3, 0.4) is 0 Å². The van der Waals surface area contributed by atoms with Crippen molar-refractivity contribution >= 4 is 5.91 Å². The molecule has 5 heteroatoms. The summed E-state index contributed by atoms with van der Waals surface area (Å²) in [5.41, 5.74) is 0. The number of carbonyl (C=O) groups is 1. The van der Waals surface area contributed by atoms with Gasteiger partial charge < -0.3 is 20.1 Å². The van der Waals surface area contributed by atoms with E-state index in [-0.39, 0.29) is 12.5 Å². The lowest BCUT2D eigenvalue weighted by Gasteiger charge is -2.22. The fraction of sp³-hybridized carbons (Fsp3) is 0.611. The Morgan fingerprint density at radius 3 is 2.65 bits per heavy atom. The van der Waals surface area contributed by atoms with Crippen molar-refractivity contribution < 1.29 is 14.3 Å². The van der Waals surface area contributed by atoms with Gasteiger partial charge in [-0.25, -0.2) is 0 Å². The van der Waals surface area contributed by atoms with Crippen LogP contribution in [0.2, 0.25) is 0 Å². The molecule has 0 aliphatic carbocycles. The molecule has 2 N–H and O–H groups in total. The van der Waals surface area contributed by atoms with E-state index in [0.717, 1.165) is 38.2 Å². The van der Waals surface area contributed by atoms with Crippen molar-refractivity contribution in [3.05, 3.63) is 24.3 Å². The zero-order chi connectivity index (χ0) is 16.3. The molecule has 0 bridgehead atoms. The fourth-order valence-electron chi connectivity index (χ4n) is 2.64. The molecule has 1 aliphatic rings. The van der Waals surface area contributed by atoms with Crippen molar-refractivity contribution in [3.8, 4) is 11.5 Å². The minimum atomic E-state index is -0.0694. The van der Waals surface area contributed by atoms with E-state index in [1.165, 1.54) is 12.8 Å². The van der Waals surface area contributed by atoms with Gasteiger partial charge in [0.05, 0.1) is 6.61 Å². The van der Waals surface area contributed by atoms with Crippen LogP contribution in [0.5, 0.6) is 11.5 Å². The molecule has 5 nitrogen and oxygen atoms in total. The van der Waals surface area contributed by atoms with Crippen LogP contribution in [0.1, 0.15) is 32.6 Å². The maximum atomic E-state index is 11.8. The normalized spacial score (nSPS) is 17.5. The maximum Gasteiger partial charge on any atom is 0.257 e. The largest absolute Gasteiger partial charge is 0.494 e. The second kappa shape index (κ2) is 10.1. The van der Waals surface area contributed by atoms with Crippen LogP contribution in [0, 0.1) is 5.92 Å². The number of benzene rings is 1. The molecule has 1 aromatic carbocycles. The monoisotopic (exact) mass is 320 g/mol. The van der Waals surface area contributed by atoms with E-state index in [4.69, 9.17) is 9.47 Å². The van der Waals surface area contributed by atoms with E-state index in [1.54, 1.807) is 0 Å². The topological polar surface area (TPSA) is 59.6 Å². The number of hydrogen-bond acceptors (Lipinski definition) is 4.